The van der Waals surface area contributed by atoms with Gasteiger partial charge < -0.3 is 5.11 Å². The average Bonchev–Trinajstić information content (AvgIpc) is 2.92. The van der Waals surface area contributed by atoms with Crippen LogP contribution >= 0.6 is 23.5 Å². The molecule has 3 aliphatic rings. The first-order valence-corrected chi connectivity index (χ1v) is 9.47. The summed E-state index contributed by atoms with van der Waals surface area (Å²) in [6.07, 6.45) is 2.51. The number of β-amino-alcohol motifs (C(OH)–C–C–N with tert-alkyl or cyclic N) is 1. The first-order chi connectivity index (χ1) is 8.84. The predicted octanol–water partition coefficient (Wildman–Crippen LogP) is 0.976. The lowest BCUT2D eigenvalue weighted by atomic mass is 10.2. The number of aliphatic hydroxyl groups excluding tert-OH is 1. The molecule has 0 saturated carbocycles. The molecule has 0 bridgehead atoms. The fraction of sp³-hybridized carbons (Fsp3) is 1.00. The molecule has 0 aromatic heterocycles. The van der Waals surface area contributed by atoms with Crippen molar-refractivity contribution in [1.29, 1.82) is 0 Å². The molecular weight excluding hydrogens is 264 g/mol. The first-order valence-electron chi connectivity index (χ1n) is 7.16. The van der Waals surface area contributed by atoms with Crippen molar-refractivity contribution in [3.8, 4) is 0 Å². The Morgan fingerprint density at radius 3 is 2.22 bits per heavy atom. The molecule has 1 N–H and O–H groups in total. The van der Waals surface area contributed by atoms with Crippen molar-refractivity contribution in [3.05, 3.63) is 0 Å². The van der Waals surface area contributed by atoms with E-state index in [4.69, 9.17) is 0 Å². The molecule has 0 radical (unpaired) electrons. The number of thioether (sulfide) groups is 2. The minimum atomic E-state index is -0.124. The maximum atomic E-state index is 10.3. The Morgan fingerprint density at radius 2 is 1.56 bits per heavy atom. The average molecular weight is 288 g/mol. The predicted molar refractivity (Wildman–Crippen MR) is 80.6 cm³/mol. The zero-order chi connectivity index (χ0) is 12.4. The monoisotopic (exact) mass is 288 g/mol. The van der Waals surface area contributed by atoms with Crippen molar-refractivity contribution >= 4 is 23.5 Å². The van der Waals surface area contributed by atoms with Gasteiger partial charge in [-0.2, -0.15) is 23.5 Å². The van der Waals surface area contributed by atoms with Crippen LogP contribution in [0.5, 0.6) is 0 Å². The molecule has 3 rings (SSSR count). The highest BCUT2D eigenvalue weighted by Gasteiger charge is 2.39. The molecule has 2 atom stereocenters. The Balaban J connectivity index is 1.58. The van der Waals surface area contributed by atoms with Crippen LogP contribution in [0.3, 0.4) is 0 Å². The van der Waals surface area contributed by atoms with E-state index in [-0.39, 0.29) is 6.10 Å². The summed E-state index contributed by atoms with van der Waals surface area (Å²) >= 11 is 4.18. The number of aliphatic hydroxyl groups is 1. The van der Waals surface area contributed by atoms with E-state index < -0.39 is 0 Å². The van der Waals surface area contributed by atoms with Gasteiger partial charge in [0.2, 0.25) is 0 Å². The van der Waals surface area contributed by atoms with Gasteiger partial charge in [0.1, 0.15) is 0 Å². The molecule has 3 nitrogen and oxygen atoms in total. The molecule has 0 aromatic rings. The van der Waals surface area contributed by atoms with Crippen molar-refractivity contribution < 1.29 is 5.11 Å². The summed E-state index contributed by atoms with van der Waals surface area (Å²) in [7, 11) is 0. The molecule has 0 spiro atoms. The van der Waals surface area contributed by atoms with Crippen molar-refractivity contribution in [2.24, 2.45) is 0 Å². The Bertz CT molecular complexity index is 266. The third-order valence-corrected chi connectivity index (χ3v) is 6.89. The van der Waals surface area contributed by atoms with Gasteiger partial charge in [-0.25, -0.2) is 0 Å². The topological polar surface area (TPSA) is 26.7 Å². The fourth-order valence-corrected chi connectivity index (χ4v) is 5.97. The summed E-state index contributed by atoms with van der Waals surface area (Å²) in [5.41, 5.74) is 0. The third-order valence-electron chi connectivity index (χ3n) is 4.41. The van der Waals surface area contributed by atoms with Crippen LogP contribution in [-0.4, -0.2) is 82.3 Å². The molecule has 0 aromatic carbocycles. The molecule has 5 heteroatoms. The highest BCUT2D eigenvalue weighted by atomic mass is 32.2. The maximum absolute atomic E-state index is 10.3. The van der Waals surface area contributed by atoms with E-state index in [1.165, 1.54) is 48.9 Å². The molecule has 18 heavy (non-hydrogen) atoms. The quantitative estimate of drug-likeness (QED) is 0.817. The molecular formula is C13H24N2OS2. The molecule has 0 amide bonds. The van der Waals surface area contributed by atoms with Gasteiger partial charge in [-0.1, -0.05) is 0 Å². The van der Waals surface area contributed by atoms with Gasteiger partial charge in [0.05, 0.1) is 6.10 Å². The van der Waals surface area contributed by atoms with Gasteiger partial charge in [0.15, 0.2) is 0 Å². The van der Waals surface area contributed by atoms with Crippen LogP contribution in [0.15, 0.2) is 0 Å². The lowest BCUT2D eigenvalue weighted by Gasteiger charge is -2.28. The Labute approximate surface area is 119 Å². The summed E-state index contributed by atoms with van der Waals surface area (Å²) in [4.78, 5) is 5.07. The van der Waals surface area contributed by atoms with Crippen LogP contribution in [0.1, 0.15) is 12.8 Å². The minimum absolute atomic E-state index is 0.124. The summed E-state index contributed by atoms with van der Waals surface area (Å²) < 4.78 is 0. The van der Waals surface area contributed by atoms with Gasteiger partial charge in [-0.05, 0) is 25.9 Å². The van der Waals surface area contributed by atoms with Crippen molar-refractivity contribution in [1.82, 2.24) is 9.80 Å². The molecule has 3 heterocycles. The number of likely N-dealkylation sites (tertiary alicyclic amines) is 2. The minimum Gasteiger partial charge on any atom is -0.390 e. The number of nitrogens with zero attached hydrogens (tertiary/aromatic N) is 2. The van der Waals surface area contributed by atoms with E-state index in [1.807, 2.05) is 0 Å². The van der Waals surface area contributed by atoms with Crippen LogP contribution in [0.25, 0.3) is 0 Å². The second-order valence-corrected chi connectivity index (χ2v) is 7.93. The summed E-state index contributed by atoms with van der Waals surface area (Å²) in [5.74, 6) is 5.11. The SMILES string of the molecule is O[C@H]1CN(C2CSCCSC2)C[C@@H]1N1CCCC1. The number of hydrogen-bond acceptors (Lipinski definition) is 5. The summed E-state index contributed by atoms with van der Waals surface area (Å²) in [6, 6.07) is 1.09. The first kappa shape index (κ1) is 13.6. The van der Waals surface area contributed by atoms with E-state index in [0.717, 1.165) is 13.1 Å². The highest BCUT2D eigenvalue weighted by molar-refractivity contribution is 8.03. The van der Waals surface area contributed by atoms with E-state index in [1.54, 1.807) is 0 Å². The molecule has 0 aliphatic carbocycles. The number of rotatable bonds is 2. The van der Waals surface area contributed by atoms with Crippen molar-refractivity contribution in [3.63, 3.8) is 0 Å². The summed E-state index contributed by atoms with van der Waals surface area (Å²) in [5, 5.41) is 10.3. The molecule has 104 valence electrons. The number of hydrogen-bond donors (Lipinski definition) is 1. The van der Waals surface area contributed by atoms with Gasteiger partial charge in [0, 0.05) is 48.2 Å². The van der Waals surface area contributed by atoms with Crippen LogP contribution in [0, 0.1) is 0 Å². The van der Waals surface area contributed by atoms with Gasteiger partial charge in [-0.15, -0.1) is 0 Å². The van der Waals surface area contributed by atoms with Crippen LogP contribution in [0.4, 0.5) is 0 Å². The zero-order valence-electron chi connectivity index (χ0n) is 11.0. The van der Waals surface area contributed by atoms with Crippen molar-refractivity contribution in [2.75, 3.05) is 49.2 Å². The smallest absolute Gasteiger partial charge is 0.0834 e. The van der Waals surface area contributed by atoms with E-state index in [9.17, 15) is 5.11 Å². The standard InChI is InChI=1S/C13H24N2OS2/c16-13-8-15(11-9-17-5-6-18-10-11)7-12(13)14-3-1-2-4-14/h11-13,16H,1-10H2/t12-,13-/m0/s1. The maximum Gasteiger partial charge on any atom is 0.0834 e. The third kappa shape index (κ3) is 3.01. The molecule has 3 fully saturated rings. The normalized spacial score (nSPS) is 37.2. The lowest BCUT2D eigenvalue weighted by molar-refractivity contribution is 0.0976. The van der Waals surface area contributed by atoms with Crippen LogP contribution in [-0.2, 0) is 0 Å². The van der Waals surface area contributed by atoms with E-state index in [2.05, 4.69) is 33.3 Å². The molecule has 3 aliphatic heterocycles. The van der Waals surface area contributed by atoms with Gasteiger partial charge in [0.25, 0.3) is 0 Å². The summed E-state index contributed by atoms with van der Waals surface area (Å²) in [6.45, 7) is 4.38. The van der Waals surface area contributed by atoms with Crippen LogP contribution in [0.2, 0.25) is 0 Å². The van der Waals surface area contributed by atoms with Gasteiger partial charge >= 0.3 is 0 Å². The van der Waals surface area contributed by atoms with Crippen molar-refractivity contribution in [2.45, 2.75) is 31.0 Å². The Kier molecular flexibility index (Phi) is 4.79. The van der Waals surface area contributed by atoms with Crippen LogP contribution < -0.4 is 0 Å². The second kappa shape index (κ2) is 6.35. The fourth-order valence-electron chi connectivity index (χ4n) is 3.34. The van der Waals surface area contributed by atoms with E-state index in [0.29, 0.717) is 12.1 Å². The lowest BCUT2D eigenvalue weighted by Crippen LogP contribution is -2.42. The van der Waals surface area contributed by atoms with Gasteiger partial charge in [-0.3, -0.25) is 9.80 Å². The van der Waals surface area contributed by atoms with E-state index >= 15 is 0 Å². The Hall–Kier alpha value is 0.580. The molecule has 3 saturated heterocycles. The largest absolute Gasteiger partial charge is 0.390 e. The molecule has 0 unspecified atom stereocenters. The second-order valence-electron chi connectivity index (χ2n) is 5.64. The Morgan fingerprint density at radius 1 is 0.889 bits per heavy atom. The zero-order valence-corrected chi connectivity index (χ0v) is 12.6. The highest BCUT2D eigenvalue weighted by Crippen LogP contribution is 2.26.